The molecule has 0 spiro atoms. The van der Waals surface area contributed by atoms with Crippen LogP contribution in [-0.4, -0.2) is 22.8 Å². The van der Waals surface area contributed by atoms with E-state index in [1.165, 1.54) is 0 Å². The summed E-state index contributed by atoms with van der Waals surface area (Å²) in [7, 11) is 0. The van der Waals surface area contributed by atoms with Crippen LogP contribution in [0, 0.1) is 11.3 Å². The number of amides is 1. The first-order valence-corrected chi connectivity index (χ1v) is 7.83. The Morgan fingerprint density at radius 2 is 1.91 bits per heavy atom. The first-order valence-electron chi connectivity index (χ1n) is 7.46. The molecule has 0 heterocycles. The number of ether oxygens (including phenoxy) is 1. The number of carbonyl (C=O) groups is 2. The maximum atomic E-state index is 12.0. The van der Waals surface area contributed by atoms with Gasteiger partial charge >= 0.3 is 12.1 Å². The summed E-state index contributed by atoms with van der Waals surface area (Å²) in [5.41, 5.74) is 0.256. The summed E-state index contributed by atoms with van der Waals surface area (Å²) in [6.07, 6.45) is -0.577. The normalized spacial score (nSPS) is 22.3. The summed E-state index contributed by atoms with van der Waals surface area (Å²) in [4.78, 5) is 23.4. The third-order valence-electron chi connectivity index (χ3n) is 4.08. The van der Waals surface area contributed by atoms with Gasteiger partial charge in [-0.2, -0.15) is 0 Å². The molecule has 1 saturated carbocycles. The number of rotatable bonds is 3. The van der Waals surface area contributed by atoms with Crippen LogP contribution in [0.2, 0.25) is 5.02 Å². The zero-order chi connectivity index (χ0) is 17.6. The van der Waals surface area contributed by atoms with Crippen molar-refractivity contribution in [1.82, 2.24) is 0 Å². The second kappa shape index (κ2) is 5.71. The molecule has 0 radical (unpaired) electrons. The Bertz CT molecular complexity index is 648. The highest BCUT2D eigenvalue weighted by molar-refractivity contribution is 6.30. The van der Waals surface area contributed by atoms with Crippen LogP contribution in [0.15, 0.2) is 18.2 Å². The number of anilines is 1. The minimum absolute atomic E-state index is 0.205. The van der Waals surface area contributed by atoms with Gasteiger partial charge in [-0.05, 0) is 49.9 Å². The SMILES string of the molecule is CC(C)(C)OC(=O)Nc1ccc(Cl)cc1C1C(C(=O)O)C1(C)C. The van der Waals surface area contributed by atoms with Crippen LogP contribution in [0.1, 0.15) is 46.1 Å². The summed E-state index contributed by atoms with van der Waals surface area (Å²) >= 11 is 6.06. The van der Waals surface area contributed by atoms with Crippen LogP contribution in [0.4, 0.5) is 10.5 Å². The average Bonchev–Trinajstić information content (AvgIpc) is 2.92. The van der Waals surface area contributed by atoms with Crippen LogP contribution in [0.3, 0.4) is 0 Å². The topological polar surface area (TPSA) is 75.6 Å². The number of hydrogen-bond donors (Lipinski definition) is 2. The number of aliphatic carboxylic acids is 1. The third-order valence-corrected chi connectivity index (χ3v) is 4.31. The van der Waals surface area contributed by atoms with Crippen molar-refractivity contribution >= 4 is 29.4 Å². The average molecular weight is 340 g/mol. The molecule has 1 aliphatic rings. The molecule has 5 nitrogen and oxygen atoms in total. The largest absolute Gasteiger partial charge is 0.481 e. The predicted octanol–water partition coefficient (Wildman–Crippen LogP) is 4.51. The Morgan fingerprint density at radius 1 is 1.30 bits per heavy atom. The predicted molar refractivity (Wildman–Crippen MR) is 89.0 cm³/mol. The first-order chi connectivity index (χ1) is 10.4. The highest BCUT2D eigenvalue weighted by Crippen LogP contribution is 2.65. The number of benzene rings is 1. The Hall–Kier alpha value is -1.75. The molecule has 23 heavy (non-hydrogen) atoms. The molecule has 0 aliphatic heterocycles. The molecule has 1 aliphatic carbocycles. The number of carboxylic acids is 1. The second-order valence-corrected chi connectivity index (χ2v) is 7.91. The highest BCUT2D eigenvalue weighted by atomic mass is 35.5. The monoisotopic (exact) mass is 339 g/mol. The van der Waals surface area contributed by atoms with Crippen molar-refractivity contribution in [2.45, 2.75) is 46.1 Å². The lowest BCUT2D eigenvalue weighted by Gasteiger charge is -2.20. The van der Waals surface area contributed by atoms with E-state index in [4.69, 9.17) is 16.3 Å². The van der Waals surface area contributed by atoms with E-state index in [-0.39, 0.29) is 11.3 Å². The van der Waals surface area contributed by atoms with E-state index >= 15 is 0 Å². The lowest BCUT2D eigenvalue weighted by Crippen LogP contribution is -2.27. The zero-order valence-corrected chi connectivity index (χ0v) is 14.7. The van der Waals surface area contributed by atoms with Gasteiger partial charge in [0.05, 0.1) is 5.92 Å². The van der Waals surface area contributed by atoms with E-state index in [1.807, 2.05) is 13.8 Å². The number of carbonyl (C=O) groups excluding carboxylic acids is 1. The van der Waals surface area contributed by atoms with Crippen molar-refractivity contribution in [3.63, 3.8) is 0 Å². The lowest BCUT2D eigenvalue weighted by atomic mass is 10.0. The van der Waals surface area contributed by atoms with Crippen LogP contribution in [0.25, 0.3) is 0 Å². The molecule has 0 aromatic heterocycles. The summed E-state index contributed by atoms with van der Waals surface area (Å²) in [5.74, 6) is -1.55. The number of halogens is 1. The van der Waals surface area contributed by atoms with Crippen molar-refractivity contribution in [2.75, 3.05) is 5.32 Å². The number of carboxylic acid groups (broad SMARTS) is 1. The zero-order valence-electron chi connectivity index (χ0n) is 13.9. The number of nitrogens with one attached hydrogen (secondary N) is 1. The van der Waals surface area contributed by atoms with Gasteiger partial charge in [-0.15, -0.1) is 0 Å². The van der Waals surface area contributed by atoms with Gasteiger partial charge in [0.15, 0.2) is 0 Å². The van der Waals surface area contributed by atoms with Gasteiger partial charge in [-0.25, -0.2) is 4.79 Å². The van der Waals surface area contributed by atoms with Gasteiger partial charge in [-0.1, -0.05) is 25.4 Å². The van der Waals surface area contributed by atoms with E-state index in [9.17, 15) is 14.7 Å². The van der Waals surface area contributed by atoms with Crippen molar-refractivity contribution in [3.8, 4) is 0 Å². The highest BCUT2D eigenvalue weighted by Gasteiger charge is 2.63. The number of hydrogen-bond acceptors (Lipinski definition) is 3. The van der Waals surface area contributed by atoms with Crippen LogP contribution < -0.4 is 5.32 Å². The summed E-state index contributed by atoms with van der Waals surface area (Å²) in [6.45, 7) is 9.13. The fraction of sp³-hybridized carbons (Fsp3) is 0.529. The fourth-order valence-corrected chi connectivity index (χ4v) is 3.18. The second-order valence-electron chi connectivity index (χ2n) is 7.47. The molecule has 126 valence electrons. The molecule has 0 bridgehead atoms. The van der Waals surface area contributed by atoms with Gasteiger partial charge in [0.1, 0.15) is 5.60 Å². The summed E-state index contributed by atoms with van der Waals surface area (Å²) < 4.78 is 5.25. The molecule has 1 aromatic carbocycles. The Labute approximate surface area is 141 Å². The smallest absolute Gasteiger partial charge is 0.412 e. The van der Waals surface area contributed by atoms with Gasteiger partial charge in [0, 0.05) is 16.6 Å². The van der Waals surface area contributed by atoms with Crippen molar-refractivity contribution in [1.29, 1.82) is 0 Å². The molecular weight excluding hydrogens is 318 g/mol. The third kappa shape index (κ3) is 3.78. The van der Waals surface area contributed by atoms with E-state index in [1.54, 1.807) is 39.0 Å². The van der Waals surface area contributed by atoms with E-state index in [2.05, 4.69) is 5.32 Å². The molecule has 2 N–H and O–H groups in total. The minimum Gasteiger partial charge on any atom is -0.481 e. The molecule has 2 atom stereocenters. The fourth-order valence-electron chi connectivity index (χ4n) is 3.00. The molecule has 2 rings (SSSR count). The standard InChI is InChI=1S/C17H22ClNO4/c1-16(2,3)23-15(22)19-11-7-6-9(18)8-10(11)12-13(14(20)21)17(12,4)5/h6-8,12-13H,1-5H3,(H,19,22)(H,20,21). The molecule has 1 fully saturated rings. The van der Waals surface area contributed by atoms with Crippen molar-refractivity contribution in [2.24, 2.45) is 11.3 Å². The Kier molecular flexibility index (Phi) is 4.37. The maximum Gasteiger partial charge on any atom is 0.412 e. The molecule has 1 amide bonds. The van der Waals surface area contributed by atoms with E-state index < -0.39 is 23.6 Å². The summed E-state index contributed by atoms with van der Waals surface area (Å²) in [5, 5.41) is 12.6. The molecule has 0 saturated heterocycles. The van der Waals surface area contributed by atoms with Crippen LogP contribution >= 0.6 is 11.6 Å². The molecule has 6 heteroatoms. The Morgan fingerprint density at radius 3 is 2.39 bits per heavy atom. The molecular formula is C17H22ClNO4. The van der Waals surface area contributed by atoms with Crippen LogP contribution in [-0.2, 0) is 9.53 Å². The Balaban J connectivity index is 2.29. The summed E-state index contributed by atoms with van der Waals surface area (Å²) in [6, 6.07) is 5.04. The quantitative estimate of drug-likeness (QED) is 0.849. The maximum absolute atomic E-state index is 12.0. The van der Waals surface area contributed by atoms with Gasteiger partial charge < -0.3 is 9.84 Å². The minimum atomic E-state index is -0.844. The van der Waals surface area contributed by atoms with E-state index in [0.29, 0.717) is 10.7 Å². The molecule has 2 unspecified atom stereocenters. The van der Waals surface area contributed by atoms with Crippen molar-refractivity contribution in [3.05, 3.63) is 28.8 Å². The van der Waals surface area contributed by atoms with Gasteiger partial charge in [0.25, 0.3) is 0 Å². The first kappa shape index (κ1) is 17.6. The van der Waals surface area contributed by atoms with Gasteiger partial charge in [0.2, 0.25) is 0 Å². The molecule has 1 aromatic rings. The van der Waals surface area contributed by atoms with E-state index in [0.717, 1.165) is 5.56 Å². The van der Waals surface area contributed by atoms with Crippen molar-refractivity contribution < 1.29 is 19.4 Å². The van der Waals surface area contributed by atoms with Crippen LogP contribution in [0.5, 0.6) is 0 Å². The van der Waals surface area contributed by atoms with Gasteiger partial charge in [-0.3, -0.25) is 10.1 Å². The lowest BCUT2D eigenvalue weighted by molar-refractivity contribution is -0.139.